The molecule has 0 bridgehead atoms. The van der Waals surface area contributed by atoms with Crippen molar-refractivity contribution in [2.45, 2.75) is 31.1 Å². The highest BCUT2D eigenvalue weighted by molar-refractivity contribution is 5.99. The third-order valence-corrected chi connectivity index (χ3v) is 3.87. The maximum Gasteiger partial charge on any atom is 0.259 e. The van der Waals surface area contributed by atoms with E-state index in [1.165, 1.54) is 15.6 Å². The van der Waals surface area contributed by atoms with Gasteiger partial charge < -0.3 is 15.1 Å². The Morgan fingerprint density at radius 2 is 2.25 bits per heavy atom. The van der Waals surface area contributed by atoms with Crippen molar-refractivity contribution >= 4 is 11.6 Å². The fraction of sp³-hybridized carbons (Fsp3) is 0.462. The second-order valence-corrected chi connectivity index (χ2v) is 5.06. The second-order valence-electron chi connectivity index (χ2n) is 5.06. The molecule has 0 radical (unpaired) electrons. The van der Waals surface area contributed by atoms with E-state index >= 15 is 0 Å². The number of carbonyl (C=O) groups excluding carboxylic acids is 1. The zero-order valence-corrected chi connectivity index (χ0v) is 11.0. The van der Waals surface area contributed by atoms with Crippen LogP contribution in [0.25, 0.3) is 5.65 Å². The molecular formula is C13H16N4O3. The molecular weight excluding hydrogens is 260 g/mol. The van der Waals surface area contributed by atoms with Gasteiger partial charge in [0.2, 0.25) is 0 Å². The molecule has 20 heavy (non-hydrogen) atoms. The van der Waals surface area contributed by atoms with Crippen LogP contribution >= 0.6 is 0 Å². The summed E-state index contributed by atoms with van der Waals surface area (Å²) in [5.41, 5.74) is 0.874. The highest BCUT2D eigenvalue weighted by Gasteiger charge is 2.38. The van der Waals surface area contributed by atoms with Crippen LogP contribution in [-0.2, 0) is 0 Å². The van der Waals surface area contributed by atoms with Gasteiger partial charge in [0.15, 0.2) is 5.65 Å². The molecule has 2 heterocycles. The first-order chi connectivity index (χ1) is 9.59. The summed E-state index contributed by atoms with van der Waals surface area (Å²) < 4.78 is 1.53. The number of aliphatic hydroxyl groups is 2. The summed E-state index contributed by atoms with van der Waals surface area (Å²) in [7, 11) is 1.63. The van der Waals surface area contributed by atoms with Gasteiger partial charge in [0.25, 0.3) is 5.91 Å². The van der Waals surface area contributed by atoms with Gasteiger partial charge in [-0.2, -0.15) is 5.10 Å². The van der Waals surface area contributed by atoms with E-state index in [0.29, 0.717) is 24.1 Å². The first-order valence-corrected chi connectivity index (χ1v) is 6.51. The summed E-state index contributed by atoms with van der Waals surface area (Å²) in [6.45, 7) is 0. The van der Waals surface area contributed by atoms with Crippen LogP contribution in [0.15, 0.2) is 24.7 Å². The highest BCUT2D eigenvalue weighted by Crippen LogP contribution is 2.25. The van der Waals surface area contributed by atoms with Crippen molar-refractivity contribution in [3.63, 3.8) is 0 Å². The lowest BCUT2D eigenvalue weighted by Gasteiger charge is -2.27. The number of hydrogen-bond donors (Lipinski definition) is 2. The molecule has 0 aromatic carbocycles. The molecule has 0 unspecified atom stereocenters. The largest absolute Gasteiger partial charge is 0.390 e. The molecule has 7 heteroatoms. The summed E-state index contributed by atoms with van der Waals surface area (Å²) in [6, 6.07) is 1.35. The van der Waals surface area contributed by atoms with E-state index in [-0.39, 0.29) is 11.9 Å². The number of nitrogens with zero attached hydrogens (tertiary/aromatic N) is 4. The Bertz CT molecular complexity index is 641. The molecule has 3 rings (SSSR count). The van der Waals surface area contributed by atoms with Gasteiger partial charge in [0, 0.05) is 19.4 Å². The molecule has 1 aliphatic rings. The maximum absolute atomic E-state index is 12.5. The Hall–Kier alpha value is -1.99. The number of likely N-dealkylation sites (N-methyl/N-ethyl adjacent to an activating group) is 1. The smallest absolute Gasteiger partial charge is 0.259 e. The number of aliphatic hydroxyl groups excluding tert-OH is 2. The molecule has 1 saturated carbocycles. The lowest BCUT2D eigenvalue weighted by molar-refractivity contribution is 0.00663. The molecule has 0 aliphatic heterocycles. The van der Waals surface area contributed by atoms with Crippen molar-refractivity contribution in [1.82, 2.24) is 19.5 Å². The fourth-order valence-corrected chi connectivity index (χ4v) is 2.68. The molecule has 1 fully saturated rings. The minimum absolute atomic E-state index is 0.253. The average molecular weight is 276 g/mol. The predicted molar refractivity (Wildman–Crippen MR) is 70.1 cm³/mol. The summed E-state index contributed by atoms with van der Waals surface area (Å²) in [6.07, 6.45) is 4.19. The van der Waals surface area contributed by atoms with E-state index in [1.807, 2.05) is 0 Å². The van der Waals surface area contributed by atoms with Crippen LogP contribution in [0, 0.1) is 0 Å². The van der Waals surface area contributed by atoms with Crippen LogP contribution in [0.5, 0.6) is 0 Å². The van der Waals surface area contributed by atoms with Gasteiger partial charge in [0.05, 0.1) is 18.3 Å². The van der Waals surface area contributed by atoms with Gasteiger partial charge in [-0.1, -0.05) is 0 Å². The molecule has 2 N–H and O–H groups in total. The molecule has 2 aromatic heterocycles. The van der Waals surface area contributed by atoms with E-state index in [9.17, 15) is 15.0 Å². The number of rotatable bonds is 2. The summed E-state index contributed by atoms with van der Waals surface area (Å²) in [5, 5.41) is 23.6. The Morgan fingerprint density at radius 3 is 2.95 bits per heavy atom. The van der Waals surface area contributed by atoms with Gasteiger partial charge in [-0.3, -0.25) is 4.79 Å². The zero-order chi connectivity index (χ0) is 14.3. The molecule has 3 atom stereocenters. The van der Waals surface area contributed by atoms with Crippen LogP contribution in [0.1, 0.15) is 23.2 Å². The maximum atomic E-state index is 12.5. The van der Waals surface area contributed by atoms with E-state index in [0.717, 1.165) is 0 Å². The Labute approximate surface area is 115 Å². The standard InChI is InChI=1S/C13H16N4O3/c1-16(9-3-4-10(18)11(9)19)13(20)8-7-15-17-6-2-5-14-12(8)17/h2,5-7,9-11,18-19H,3-4H2,1H3/t9-,10-,11-/m1/s1. The minimum atomic E-state index is -0.904. The molecule has 1 amide bonds. The third kappa shape index (κ3) is 1.95. The molecule has 1 aliphatic carbocycles. The van der Waals surface area contributed by atoms with Crippen LogP contribution in [0.2, 0.25) is 0 Å². The van der Waals surface area contributed by atoms with Gasteiger partial charge >= 0.3 is 0 Å². The summed E-state index contributed by atoms with van der Waals surface area (Å²) >= 11 is 0. The van der Waals surface area contributed by atoms with Gasteiger partial charge in [-0.05, 0) is 18.9 Å². The van der Waals surface area contributed by atoms with Crippen molar-refractivity contribution in [3.8, 4) is 0 Å². The number of fused-ring (bicyclic) bond motifs is 1. The SMILES string of the molecule is CN(C(=O)c1cnn2cccnc12)[C@@H]1CC[C@@H](O)[C@@H]1O. The fourth-order valence-electron chi connectivity index (χ4n) is 2.68. The average Bonchev–Trinajstić information content (AvgIpc) is 3.02. The number of amides is 1. The highest BCUT2D eigenvalue weighted by atomic mass is 16.3. The Balaban J connectivity index is 1.89. The number of hydrogen-bond acceptors (Lipinski definition) is 5. The zero-order valence-electron chi connectivity index (χ0n) is 11.0. The lowest BCUT2D eigenvalue weighted by Crippen LogP contribution is -2.44. The summed E-state index contributed by atoms with van der Waals surface area (Å²) in [5.74, 6) is -0.253. The first-order valence-electron chi connectivity index (χ1n) is 6.51. The van der Waals surface area contributed by atoms with E-state index in [2.05, 4.69) is 10.1 Å². The van der Waals surface area contributed by atoms with E-state index in [4.69, 9.17) is 0 Å². The van der Waals surface area contributed by atoms with Crippen LogP contribution in [-0.4, -0.2) is 60.9 Å². The molecule has 106 valence electrons. The van der Waals surface area contributed by atoms with Crippen LogP contribution in [0.4, 0.5) is 0 Å². The third-order valence-electron chi connectivity index (χ3n) is 3.87. The van der Waals surface area contributed by atoms with Crippen LogP contribution in [0.3, 0.4) is 0 Å². The van der Waals surface area contributed by atoms with Crippen molar-refractivity contribution in [1.29, 1.82) is 0 Å². The van der Waals surface area contributed by atoms with Crippen molar-refractivity contribution < 1.29 is 15.0 Å². The topological polar surface area (TPSA) is 91.0 Å². The predicted octanol–water partition coefficient (Wildman–Crippen LogP) is -0.315. The monoisotopic (exact) mass is 276 g/mol. The van der Waals surface area contributed by atoms with Gasteiger partial charge in [-0.25, -0.2) is 9.50 Å². The molecule has 2 aromatic rings. The van der Waals surface area contributed by atoms with Crippen molar-refractivity contribution in [2.24, 2.45) is 0 Å². The van der Waals surface area contributed by atoms with E-state index < -0.39 is 12.2 Å². The van der Waals surface area contributed by atoms with Crippen LogP contribution < -0.4 is 0 Å². The first kappa shape index (κ1) is 13.0. The van der Waals surface area contributed by atoms with Crippen molar-refractivity contribution in [2.75, 3.05) is 7.05 Å². The number of aromatic nitrogens is 3. The molecule has 0 saturated heterocycles. The van der Waals surface area contributed by atoms with Gasteiger partial charge in [-0.15, -0.1) is 0 Å². The van der Waals surface area contributed by atoms with Gasteiger partial charge in [0.1, 0.15) is 11.7 Å². The lowest BCUT2D eigenvalue weighted by atomic mass is 10.1. The second kappa shape index (κ2) is 4.84. The Morgan fingerprint density at radius 1 is 1.45 bits per heavy atom. The quantitative estimate of drug-likeness (QED) is 0.785. The normalized spacial score (nSPS) is 26.1. The van der Waals surface area contributed by atoms with E-state index in [1.54, 1.807) is 25.5 Å². The number of carbonyl (C=O) groups is 1. The van der Waals surface area contributed by atoms with Crippen molar-refractivity contribution in [3.05, 3.63) is 30.2 Å². The minimum Gasteiger partial charge on any atom is -0.390 e. The Kier molecular flexibility index (Phi) is 3.15. The molecule has 7 nitrogen and oxygen atoms in total. The summed E-state index contributed by atoms with van der Waals surface area (Å²) in [4.78, 5) is 18.1. The molecule has 0 spiro atoms.